The van der Waals surface area contributed by atoms with Crippen molar-refractivity contribution >= 4 is 55.8 Å². The van der Waals surface area contributed by atoms with Crippen LogP contribution < -0.4 is 11.1 Å². The Bertz CT molecular complexity index is 655. The number of carbonyl (C=O) groups is 2. The molecule has 1 aromatic carbocycles. The van der Waals surface area contributed by atoms with Gasteiger partial charge in [0.05, 0.1) is 10.8 Å². The lowest BCUT2D eigenvalue weighted by molar-refractivity contribution is -0.115. The van der Waals surface area contributed by atoms with Gasteiger partial charge < -0.3 is 11.1 Å². The van der Waals surface area contributed by atoms with Crippen LogP contribution in [0.2, 0.25) is 0 Å². The molecule has 0 saturated heterocycles. The van der Waals surface area contributed by atoms with E-state index in [1.807, 2.05) is 31.2 Å². The summed E-state index contributed by atoms with van der Waals surface area (Å²) >= 11 is 6.11. The van der Waals surface area contributed by atoms with Gasteiger partial charge >= 0.3 is 0 Å². The number of carbonyl (C=O) groups excluding carboxylic acids is 2. The Kier molecular flexibility index (Phi) is 5.44. The van der Waals surface area contributed by atoms with E-state index in [4.69, 9.17) is 5.73 Å². The molecule has 3 N–H and O–H groups in total. The smallest absolute Gasteiger partial charge is 0.251 e. The van der Waals surface area contributed by atoms with E-state index >= 15 is 0 Å². The van der Waals surface area contributed by atoms with Crippen LogP contribution >= 0.6 is 39.0 Å². The van der Waals surface area contributed by atoms with Gasteiger partial charge in [0.25, 0.3) is 5.91 Å². The maximum atomic E-state index is 12.2. The van der Waals surface area contributed by atoms with Crippen LogP contribution in [0.4, 0.5) is 5.00 Å². The molecule has 0 aliphatic rings. The minimum absolute atomic E-state index is 0.159. The molecular formula is C14H13BrN2O2S2. The summed E-state index contributed by atoms with van der Waals surface area (Å²) in [4.78, 5) is 24.4. The normalized spacial score (nSPS) is 11.9. The Hall–Kier alpha value is -1.31. The second kappa shape index (κ2) is 7.11. The fourth-order valence-corrected chi connectivity index (χ4v) is 3.51. The monoisotopic (exact) mass is 384 g/mol. The minimum Gasteiger partial charge on any atom is -0.366 e. The van der Waals surface area contributed by atoms with Gasteiger partial charge in [-0.15, -0.1) is 23.1 Å². The van der Waals surface area contributed by atoms with Crippen LogP contribution in [0.1, 0.15) is 17.3 Å². The molecule has 0 fully saturated rings. The molecule has 110 valence electrons. The van der Waals surface area contributed by atoms with Crippen LogP contribution in [0.15, 0.2) is 45.1 Å². The number of nitrogens with one attached hydrogen (secondary N) is 1. The number of rotatable bonds is 5. The molecule has 1 heterocycles. The fraction of sp³-hybridized carbons (Fsp3) is 0.143. The summed E-state index contributed by atoms with van der Waals surface area (Å²) in [7, 11) is 0. The molecule has 21 heavy (non-hydrogen) atoms. The van der Waals surface area contributed by atoms with Crippen molar-refractivity contribution in [3.05, 3.63) is 45.7 Å². The maximum Gasteiger partial charge on any atom is 0.251 e. The quantitative estimate of drug-likeness (QED) is 0.771. The van der Waals surface area contributed by atoms with Crippen LogP contribution in [-0.4, -0.2) is 17.1 Å². The maximum absolute atomic E-state index is 12.2. The van der Waals surface area contributed by atoms with Crippen molar-refractivity contribution in [1.29, 1.82) is 0 Å². The fourth-order valence-electron chi connectivity index (χ4n) is 1.58. The molecule has 0 spiro atoms. The molecule has 0 bridgehead atoms. The zero-order valence-electron chi connectivity index (χ0n) is 11.1. The second-order valence-electron chi connectivity index (χ2n) is 4.23. The number of anilines is 1. The van der Waals surface area contributed by atoms with Crippen molar-refractivity contribution in [3.8, 4) is 0 Å². The van der Waals surface area contributed by atoms with E-state index < -0.39 is 5.91 Å². The molecule has 2 rings (SSSR count). The Balaban J connectivity index is 2.01. The largest absolute Gasteiger partial charge is 0.366 e. The molecule has 2 amide bonds. The summed E-state index contributed by atoms with van der Waals surface area (Å²) < 4.78 is 0.994. The van der Waals surface area contributed by atoms with E-state index in [9.17, 15) is 9.59 Å². The van der Waals surface area contributed by atoms with E-state index in [1.54, 1.807) is 11.4 Å². The standard InChI is InChI=1S/C14H13BrN2O2S2/c1-8(21-10-4-2-9(15)3-5-10)13(19)17-14-11(12(16)18)6-7-20-14/h2-8H,1H3,(H2,16,18)(H,17,19)/t8-/m0/s1. The predicted octanol–water partition coefficient (Wildman–Crippen LogP) is 3.73. The van der Waals surface area contributed by atoms with Crippen LogP contribution in [0.25, 0.3) is 0 Å². The number of thioether (sulfide) groups is 1. The van der Waals surface area contributed by atoms with Gasteiger partial charge in [0, 0.05) is 9.37 Å². The summed E-state index contributed by atoms with van der Waals surface area (Å²) in [5.41, 5.74) is 5.60. The van der Waals surface area contributed by atoms with Crippen molar-refractivity contribution < 1.29 is 9.59 Å². The molecule has 0 unspecified atom stereocenters. The minimum atomic E-state index is -0.542. The van der Waals surface area contributed by atoms with Crippen molar-refractivity contribution in [2.75, 3.05) is 5.32 Å². The van der Waals surface area contributed by atoms with E-state index in [2.05, 4.69) is 21.2 Å². The molecular weight excluding hydrogens is 372 g/mol. The Morgan fingerprint density at radius 2 is 1.95 bits per heavy atom. The highest BCUT2D eigenvalue weighted by Crippen LogP contribution is 2.27. The SMILES string of the molecule is C[C@H](Sc1ccc(Br)cc1)C(=O)Nc1sccc1C(N)=O. The summed E-state index contributed by atoms with van der Waals surface area (Å²) in [6.45, 7) is 1.82. The third-order valence-corrected chi connectivity index (χ3v) is 5.13. The number of benzene rings is 1. The Labute approximate surface area is 139 Å². The lowest BCUT2D eigenvalue weighted by Gasteiger charge is -2.11. The highest BCUT2D eigenvalue weighted by atomic mass is 79.9. The lowest BCUT2D eigenvalue weighted by Crippen LogP contribution is -2.23. The van der Waals surface area contributed by atoms with Gasteiger partial charge in [-0.3, -0.25) is 9.59 Å². The molecule has 1 aromatic heterocycles. The number of nitrogens with two attached hydrogens (primary N) is 1. The first-order valence-electron chi connectivity index (χ1n) is 6.07. The summed E-state index contributed by atoms with van der Waals surface area (Å²) in [5.74, 6) is -0.701. The average molecular weight is 385 g/mol. The molecule has 4 nitrogen and oxygen atoms in total. The van der Waals surface area contributed by atoms with Crippen LogP contribution in [0.5, 0.6) is 0 Å². The number of halogens is 1. The number of primary amides is 1. The third kappa shape index (κ3) is 4.33. The van der Waals surface area contributed by atoms with Gasteiger partial charge in [0.2, 0.25) is 5.91 Å². The first-order chi connectivity index (χ1) is 9.97. The van der Waals surface area contributed by atoms with E-state index in [-0.39, 0.29) is 11.2 Å². The van der Waals surface area contributed by atoms with Gasteiger partial charge in [-0.05, 0) is 42.6 Å². The summed E-state index contributed by atoms with van der Waals surface area (Å²) in [5, 5.41) is 4.69. The molecule has 0 aliphatic carbocycles. The van der Waals surface area contributed by atoms with Crippen molar-refractivity contribution in [2.24, 2.45) is 5.73 Å². The van der Waals surface area contributed by atoms with Gasteiger partial charge in [0.15, 0.2) is 0 Å². The first kappa shape index (κ1) is 16.1. The molecule has 0 saturated carbocycles. The van der Waals surface area contributed by atoms with Gasteiger partial charge in [-0.1, -0.05) is 15.9 Å². The molecule has 0 radical (unpaired) electrons. The molecule has 0 aliphatic heterocycles. The number of hydrogen-bond acceptors (Lipinski definition) is 4. The predicted molar refractivity (Wildman–Crippen MR) is 90.9 cm³/mol. The highest BCUT2D eigenvalue weighted by Gasteiger charge is 2.18. The van der Waals surface area contributed by atoms with Crippen molar-refractivity contribution in [2.45, 2.75) is 17.1 Å². The lowest BCUT2D eigenvalue weighted by atomic mass is 10.3. The third-order valence-electron chi connectivity index (χ3n) is 2.66. The number of amides is 2. The van der Waals surface area contributed by atoms with Crippen LogP contribution in [0.3, 0.4) is 0 Å². The molecule has 7 heteroatoms. The van der Waals surface area contributed by atoms with Gasteiger partial charge in [-0.2, -0.15) is 0 Å². The zero-order valence-corrected chi connectivity index (χ0v) is 14.3. The Morgan fingerprint density at radius 3 is 2.57 bits per heavy atom. The van der Waals surface area contributed by atoms with E-state index in [0.717, 1.165) is 9.37 Å². The van der Waals surface area contributed by atoms with Crippen LogP contribution in [0, 0.1) is 0 Å². The number of hydrogen-bond donors (Lipinski definition) is 2. The highest BCUT2D eigenvalue weighted by molar-refractivity contribution is 9.10. The number of thiophene rings is 1. The van der Waals surface area contributed by atoms with Crippen molar-refractivity contribution in [1.82, 2.24) is 0 Å². The van der Waals surface area contributed by atoms with Crippen molar-refractivity contribution in [3.63, 3.8) is 0 Å². The molecule has 2 aromatic rings. The van der Waals surface area contributed by atoms with Gasteiger partial charge in [-0.25, -0.2) is 0 Å². The van der Waals surface area contributed by atoms with E-state index in [0.29, 0.717) is 10.6 Å². The average Bonchev–Trinajstić information content (AvgIpc) is 2.89. The van der Waals surface area contributed by atoms with E-state index in [1.165, 1.54) is 23.1 Å². The Morgan fingerprint density at radius 1 is 1.29 bits per heavy atom. The summed E-state index contributed by atoms with van der Waals surface area (Å²) in [6, 6.07) is 9.35. The molecule has 1 atom stereocenters. The second-order valence-corrected chi connectivity index (χ2v) is 7.48. The van der Waals surface area contributed by atoms with Crippen LogP contribution in [-0.2, 0) is 4.79 Å². The van der Waals surface area contributed by atoms with Gasteiger partial charge in [0.1, 0.15) is 5.00 Å². The first-order valence-corrected chi connectivity index (χ1v) is 8.63. The topological polar surface area (TPSA) is 72.2 Å². The zero-order chi connectivity index (χ0) is 15.4. The summed E-state index contributed by atoms with van der Waals surface area (Å²) in [6.07, 6.45) is 0.